The van der Waals surface area contributed by atoms with Crippen molar-refractivity contribution >= 4 is 57.1 Å². The second kappa shape index (κ2) is 10.1. The van der Waals surface area contributed by atoms with Crippen LogP contribution < -0.4 is 10.6 Å². The summed E-state index contributed by atoms with van der Waals surface area (Å²) in [6, 6.07) is 12.4. The van der Waals surface area contributed by atoms with Gasteiger partial charge in [0.1, 0.15) is 10.6 Å². The highest BCUT2D eigenvalue weighted by Crippen LogP contribution is 2.34. The van der Waals surface area contributed by atoms with E-state index in [2.05, 4.69) is 15.6 Å². The summed E-state index contributed by atoms with van der Waals surface area (Å²) in [4.78, 5) is 43.1. The maximum atomic E-state index is 12.9. The van der Waals surface area contributed by atoms with Crippen LogP contribution in [-0.2, 0) is 16.0 Å². The van der Waals surface area contributed by atoms with Crippen LogP contribution in [0.15, 0.2) is 54.9 Å². The molecule has 3 aromatic heterocycles. The topological polar surface area (TPSA) is 102 Å². The second-order valence-electron chi connectivity index (χ2n) is 7.37. The number of para-hydroxylation sites is 1. The van der Waals surface area contributed by atoms with Crippen LogP contribution in [0.4, 0.5) is 10.7 Å². The molecular formula is C24H21ClN4O4S. The Labute approximate surface area is 204 Å². The summed E-state index contributed by atoms with van der Waals surface area (Å²) in [7, 11) is 0. The Morgan fingerprint density at radius 2 is 1.85 bits per heavy atom. The number of carbonyl (C=O) groups is 3. The number of hydrogen-bond donors (Lipinski definition) is 2. The van der Waals surface area contributed by atoms with E-state index in [9.17, 15) is 14.4 Å². The predicted molar refractivity (Wildman–Crippen MR) is 132 cm³/mol. The van der Waals surface area contributed by atoms with Crippen molar-refractivity contribution in [1.29, 1.82) is 0 Å². The molecule has 0 spiro atoms. The Morgan fingerprint density at radius 1 is 1.09 bits per heavy atom. The van der Waals surface area contributed by atoms with E-state index in [1.54, 1.807) is 67.0 Å². The summed E-state index contributed by atoms with van der Waals surface area (Å²) < 4.78 is 6.90. The van der Waals surface area contributed by atoms with Crippen molar-refractivity contribution in [2.24, 2.45) is 0 Å². The van der Waals surface area contributed by atoms with Gasteiger partial charge in [0.2, 0.25) is 5.91 Å². The number of carbonyl (C=O) groups excluding carboxylic acids is 3. The monoisotopic (exact) mass is 496 g/mol. The van der Waals surface area contributed by atoms with Crippen LogP contribution >= 0.6 is 22.9 Å². The Bertz CT molecular complexity index is 1380. The van der Waals surface area contributed by atoms with E-state index < -0.39 is 5.97 Å². The van der Waals surface area contributed by atoms with Gasteiger partial charge in [-0.2, -0.15) is 0 Å². The Kier molecular flexibility index (Phi) is 6.95. The lowest BCUT2D eigenvalue weighted by molar-refractivity contribution is -0.115. The summed E-state index contributed by atoms with van der Waals surface area (Å²) in [6.07, 6.45) is 3.39. The molecule has 0 saturated heterocycles. The van der Waals surface area contributed by atoms with Crippen LogP contribution in [0.1, 0.15) is 38.2 Å². The molecule has 0 aliphatic rings. The summed E-state index contributed by atoms with van der Waals surface area (Å²) in [5.74, 6) is -1.36. The summed E-state index contributed by atoms with van der Waals surface area (Å²) in [5.41, 5.74) is 2.42. The number of thiophene rings is 1. The van der Waals surface area contributed by atoms with Gasteiger partial charge in [-0.25, -0.2) is 9.78 Å². The van der Waals surface area contributed by atoms with Gasteiger partial charge in [0, 0.05) is 18.1 Å². The number of ether oxygens (including phenoxy) is 1. The summed E-state index contributed by atoms with van der Waals surface area (Å²) in [6.45, 7) is 3.51. The van der Waals surface area contributed by atoms with Gasteiger partial charge in [0.15, 0.2) is 0 Å². The first-order chi connectivity index (χ1) is 16.4. The van der Waals surface area contributed by atoms with Crippen LogP contribution in [0, 0.1) is 6.92 Å². The number of esters is 1. The molecule has 0 aliphatic heterocycles. The fourth-order valence-electron chi connectivity index (χ4n) is 3.41. The molecule has 10 heteroatoms. The molecule has 3 heterocycles. The van der Waals surface area contributed by atoms with E-state index in [4.69, 9.17) is 16.3 Å². The molecule has 0 fully saturated rings. The van der Waals surface area contributed by atoms with Gasteiger partial charge in [-0.1, -0.05) is 29.8 Å². The highest BCUT2D eigenvalue weighted by atomic mass is 35.5. The fourth-order valence-corrected chi connectivity index (χ4v) is 4.69. The first kappa shape index (κ1) is 23.5. The smallest absolute Gasteiger partial charge is 0.341 e. The molecule has 34 heavy (non-hydrogen) atoms. The summed E-state index contributed by atoms with van der Waals surface area (Å²) >= 11 is 7.03. The van der Waals surface area contributed by atoms with Crippen molar-refractivity contribution in [3.05, 3.63) is 81.6 Å². The number of nitrogens with zero attached hydrogens (tertiary/aromatic N) is 2. The first-order valence-corrected chi connectivity index (χ1v) is 11.6. The number of halogens is 1. The second-order valence-corrected chi connectivity index (χ2v) is 8.83. The van der Waals surface area contributed by atoms with Gasteiger partial charge in [0.25, 0.3) is 5.91 Å². The van der Waals surface area contributed by atoms with E-state index in [1.165, 1.54) is 0 Å². The minimum absolute atomic E-state index is 0.0238. The van der Waals surface area contributed by atoms with E-state index in [-0.39, 0.29) is 35.4 Å². The van der Waals surface area contributed by atoms with Crippen molar-refractivity contribution in [2.45, 2.75) is 20.3 Å². The van der Waals surface area contributed by atoms with Crippen LogP contribution in [-0.4, -0.2) is 33.8 Å². The summed E-state index contributed by atoms with van der Waals surface area (Å²) in [5, 5.41) is 6.37. The molecule has 0 bridgehead atoms. The number of hydrogen-bond acceptors (Lipinski definition) is 6. The van der Waals surface area contributed by atoms with E-state index in [1.807, 2.05) is 6.07 Å². The van der Waals surface area contributed by atoms with E-state index >= 15 is 0 Å². The zero-order valence-corrected chi connectivity index (χ0v) is 20.0. The number of rotatable bonds is 7. The highest BCUT2D eigenvalue weighted by molar-refractivity contribution is 7.19. The number of anilines is 2. The van der Waals surface area contributed by atoms with Crippen LogP contribution in [0.2, 0.25) is 5.02 Å². The molecule has 4 rings (SSSR count). The van der Waals surface area contributed by atoms with Crippen molar-refractivity contribution in [1.82, 2.24) is 9.38 Å². The molecule has 8 nitrogen and oxygen atoms in total. The van der Waals surface area contributed by atoms with Gasteiger partial charge in [0.05, 0.1) is 34.2 Å². The van der Waals surface area contributed by atoms with E-state index in [0.29, 0.717) is 32.5 Å². The third-order valence-electron chi connectivity index (χ3n) is 4.92. The Balaban J connectivity index is 1.58. The van der Waals surface area contributed by atoms with Gasteiger partial charge < -0.3 is 19.8 Å². The third kappa shape index (κ3) is 5.11. The number of aromatic nitrogens is 2. The van der Waals surface area contributed by atoms with Crippen molar-refractivity contribution < 1.29 is 19.1 Å². The molecule has 0 aliphatic carbocycles. The number of fused-ring (bicyclic) bond motifs is 1. The maximum Gasteiger partial charge on any atom is 0.341 e. The van der Waals surface area contributed by atoms with Gasteiger partial charge >= 0.3 is 5.97 Å². The zero-order chi connectivity index (χ0) is 24.2. The average molecular weight is 497 g/mol. The molecule has 0 atom stereocenters. The molecule has 0 unspecified atom stereocenters. The average Bonchev–Trinajstić information content (AvgIpc) is 3.33. The van der Waals surface area contributed by atoms with Crippen LogP contribution in [0.5, 0.6) is 0 Å². The number of amides is 2. The van der Waals surface area contributed by atoms with Crippen molar-refractivity contribution in [2.75, 3.05) is 17.2 Å². The van der Waals surface area contributed by atoms with Crippen LogP contribution in [0.3, 0.4) is 0 Å². The molecule has 4 aromatic rings. The number of benzene rings is 1. The quantitative estimate of drug-likeness (QED) is 0.352. The van der Waals surface area contributed by atoms with Crippen molar-refractivity contribution in [3.8, 4) is 0 Å². The molecule has 2 N–H and O–H groups in total. The first-order valence-electron chi connectivity index (χ1n) is 10.5. The number of pyridine rings is 1. The maximum absolute atomic E-state index is 12.9. The lowest BCUT2D eigenvalue weighted by atomic mass is 10.1. The molecule has 0 saturated carbocycles. The fraction of sp³-hybridized carbons (Fsp3) is 0.167. The minimum atomic E-state index is -0.604. The SMILES string of the molecule is CCOC(=O)c1c(NC(=O)Cc2cn3cc(Cl)ccc3n2)sc(C(=O)Nc2ccccc2)c1C. The molecule has 2 amide bonds. The van der Waals surface area contributed by atoms with Crippen LogP contribution in [0.25, 0.3) is 5.65 Å². The van der Waals surface area contributed by atoms with Gasteiger partial charge in [-0.15, -0.1) is 11.3 Å². The molecular weight excluding hydrogens is 476 g/mol. The molecule has 0 radical (unpaired) electrons. The molecule has 1 aromatic carbocycles. The number of nitrogens with one attached hydrogen (secondary N) is 2. The predicted octanol–water partition coefficient (Wildman–Crippen LogP) is 4.97. The minimum Gasteiger partial charge on any atom is -0.462 e. The Morgan fingerprint density at radius 3 is 2.59 bits per heavy atom. The lowest BCUT2D eigenvalue weighted by Gasteiger charge is -2.06. The largest absolute Gasteiger partial charge is 0.462 e. The van der Waals surface area contributed by atoms with Gasteiger partial charge in [-0.3, -0.25) is 9.59 Å². The third-order valence-corrected chi connectivity index (χ3v) is 6.35. The zero-order valence-electron chi connectivity index (χ0n) is 18.4. The highest BCUT2D eigenvalue weighted by Gasteiger charge is 2.27. The van der Waals surface area contributed by atoms with Crippen molar-refractivity contribution in [3.63, 3.8) is 0 Å². The standard InChI is InChI=1S/C24H21ClN4O4S/c1-3-33-24(32)20-14(2)21(22(31)27-16-7-5-4-6-8-16)34-23(20)28-19(30)11-17-13-29-12-15(25)9-10-18(29)26-17/h4-10,12-13H,3,11H2,1-2H3,(H,27,31)(H,28,30). The lowest BCUT2D eigenvalue weighted by Crippen LogP contribution is -2.17. The normalized spacial score (nSPS) is 10.8. The number of imidazole rings is 1. The van der Waals surface area contributed by atoms with Gasteiger partial charge in [-0.05, 0) is 43.7 Å². The van der Waals surface area contributed by atoms with E-state index in [0.717, 1.165) is 11.3 Å². The Hall–Kier alpha value is -3.69. The molecule has 174 valence electrons.